The highest BCUT2D eigenvalue weighted by atomic mass is 19.1. The topological polar surface area (TPSA) is 80.1 Å². The average molecular weight is 450 g/mol. The minimum absolute atomic E-state index is 0. The molecule has 0 atom stereocenters. The Labute approximate surface area is 192 Å². The number of para-hydroxylation sites is 2. The molecule has 0 amide bonds. The van der Waals surface area contributed by atoms with Crippen LogP contribution in [0.5, 0.6) is 0 Å². The highest BCUT2D eigenvalue weighted by molar-refractivity contribution is 5.79. The van der Waals surface area contributed by atoms with Gasteiger partial charge in [0.05, 0.1) is 30.8 Å². The van der Waals surface area contributed by atoms with Crippen LogP contribution in [0.1, 0.15) is 7.43 Å². The van der Waals surface area contributed by atoms with Gasteiger partial charge >= 0.3 is 0 Å². The fourth-order valence-corrected chi connectivity index (χ4v) is 3.70. The Morgan fingerprint density at radius 2 is 1.73 bits per heavy atom. The van der Waals surface area contributed by atoms with E-state index < -0.39 is 0 Å². The lowest BCUT2D eigenvalue weighted by molar-refractivity contribution is 0.0398. The van der Waals surface area contributed by atoms with E-state index in [1.165, 1.54) is 6.07 Å². The summed E-state index contributed by atoms with van der Waals surface area (Å²) in [4.78, 5) is 16.1. The molecule has 2 aromatic heterocycles. The van der Waals surface area contributed by atoms with Crippen LogP contribution in [-0.4, -0.2) is 63.8 Å². The number of nitrogens with zero attached hydrogens (tertiary/aromatic N) is 5. The zero-order chi connectivity index (χ0) is 21.8. The van der Waals surface area contributed by atoms with E-state index in [0.717, 1.165) is 45.1 Å². The maximum Gasteiger partial charge on any atom is 0.224 e. The number of morpholine rings is 1. The largest absolute Gasteiger partial charge is 0.379 e. The Morgan fingerprint density at radius 3 is 2.52 bits per heavy atom. The quantitative estimate of drug-likeness (QED) is 0.440. The fourth-order valence-electron chi connectivity index (χ4n) is 3.70. The highest BCUT2D eigenvalue weighted by Crippen LogP contribution is 2.27. The molecule has 2 aromatic carbocycles. The minimum atomic E-state index is -0.351. The molecule has 1 fully saturated rings. The predicted molar refractivity (Wildman–Crippen MR) is 129 cm³/mol. The number of fused-ring (bicyclic) bond motifs is 1. The van der Waals surface area contributed by atoms with E-state index in [1.54, 1.807) is 24.4 Å². The maximum atomic E-state index is 14.3. The Balaban J connectivity index is 0.00000259. The standard InChI is InChI=1S/C23H24FN7O.CH4/c24-18-8-4-5-9-19(18)27-23-28-20-16-26-22(25-10-11-30-12-14-32-15-13-30)29-21(20)31(23)17-6-2-1-3-7-17;/h1-9,16H,10-15H2,(H,27,28)(H,25,26,29);1H4. The molecule has 0 bridgehead atoms. The van der Waals surface area contributed by atoms with E-state index >= 15 is 0 Å². The molecule has 3 heterocycles. The Hall–Kier alpha value is -3.56. The van der Waals surface area contributed by atoms with Crippen molar-refractivity contribution in [3.63, 3.8) is 0 Å². The smallest absolute Gasteiger partial charge is 0.224 e. The molecule has 0 saturated carbocycles. The summed E-state index contributed by atoms with van der Waals surface area (Å²) in [5.41, 5.74) is 2.47. The number of ether oxygens (including phenoxy) is 1. The van der Waals surface area contributed by atoms with Gasteiger partial charge in [0.2, 0.25) is 11.9 Å². The van der Waals surface area contributed by atoms with Crippen LogP contribution in [-0.2, 0) is 4.74 Å². The van der Waals surface area contributed by atoms with Gasteiger partial charge in [0.15, 0.2) is 5.65 Å². The van der Waals surface area contributed by atoms with Gasteiger partial charge < -0.3 is 15.4 Å². The van der Waals surface area contributed by atoms with Crippen molar-refractivity contribution in [2.24, 2.45) is 0 Å². The van der Waals surface area contributed by atoms with Crippen LogP contribution in [0.2, 0.25) is 0 Å². The molecule has 1 saturated heterocycles. The minimum Gasteiger partial charge on any atom is -0.379 e. The summed E-state index contributed by atoms with van der Waals surface area (Å²) in [7, 11) is 0. The van der Waals surface area contributed by atoms with Gasteiger partial charge in [-0.2, -0.15) is 4.98 Å². The van der Waals surface area contributed by atoms with Crippen molar-refractivity contribution in [2.45, 2.75) is 7.43 Å². The molecule has 2 N–H and O–H groups in total. The van der Waals surface area contributed by atoms with Crippen molar-refractivity contribution in [1.82, 2.24) is 24.4 Å². The lowest BCUT2D eigenvalue weighted by Crippen LogP contribution is -2.39. The summed E-state index contributed by atoms with van der Waals surface area (Å²) in [6, 6.07) is 16.3. The van der Waals surface area contributed by atoms with Crippen LogP contribution in [0.3, 0.4) is 0 Å². The van der Waals surface area contributed by atoms with E-state index in [4.69, 9.17) is 9.72 Å². The van der Waals surface area contributed by atoms with Crippen molar-refractivity contribution in [3.8, 4) is 5.69 Å². The molecule has 0 radical (unpaired) electrons. The first-order chi connectivity index (χ1) is 15.8. The van der Waals surface area contributed by atoms with Crippen molar-refractivity contribution >= 4 is 28.7 Å². The first-order valence-electron chi connectivity index (χ1n) is 10.6. The van der Waals surface area contributed by atoms with Crippen LogP contribution in [0.4, 0.5) is 22.0 Å². The van der Waals surface area contributed by atoms with Gasteiger partial charge in [-0.15, -0.1) is 0 Å². The number of rotatable bonds is 7. The molecule has 0 unspecified atom stereocenters. The fraction of sp³-hybridized carbons (Fsp3) is 0.292. The summed E-state index contributed by atoms with van der Waals surface area (Å²) in [6.45, 7) is 5.04. The van der Waals surface area contributed by atoms with Gasteiger partial charge in [0, 0.05) is 26.2 Å². The molecule has 33 heavy (non-hydrogen) atoms. The SMILES string of the molecule is C.Fc1ccccc1Nc1nc2cnc(NCCN3CCOCC3)nc2n1-c1ccccc1. The lowest BCUT2D eigenvalue weighted by Gasteiger charge is -2.26. The van der Waals surface area contributed by atoms with E-state index in [-0.39, 0.29) is 13.2 Å². The molecule has 172 valence electrons. The molecular weight excluding hydrogens is 421 g/mol. The molecule has 9 heteroatoms. The number of aromatic nitrogens is 4. The van der Waals surface area contributed by atoms with Gasteiger partial charge in [-0.1, -0.05) is 37.8 Å². The third-order valence-corrected chi connectivity index (χ3v) is 5.35. The first-order valence-corrected chi connectivity index (χ1v) is 10.6. The van der Waals surface area contributed by atoms with Crippen LogP contribution in [0, 0.1) is 5.82 Å². The predicted octanol–water partition coefficient (Wildman–Crippen LogP) is 4.08. The van der Waals surface area contributed by atoms with Crippen molar-refractivity contribution in [1.29, 1.82) is 0 Å². The second kappa shape index (κ2) is 10.4. The summed E-state index contributed by atoms with van der Waals surface area (Å²) < 4.78 is 21.5. The second-order valence-corrected chi connectivity index (χ2v) is 7.49. The maximum absolute atomic E-state index is 14.3. The Kier molecular flexibility index (Phi) is 7.11. The zero-order valence-corrected chi connectivity index (χ0v) is 17.5. The van der Waals surface area contributed by atoms with Crippen molar-refractivity contribution in [3.05, 3.63) is 66.6 Å². The normalized spacial score (nSPS) is 14.1. The molecule has 8 nitrogen and oxygen atoms in total. The monoisotopic (exact) mass is 449 g/mol. The van der Waals surface area contributed by atoms with Crippen LogP contribution in [0.15, 0.2) is 60.8 Å². The highest BCUT2D eigenvalue weighted by Gasteiger charge is 2.17. The lowest BCUT2D eigenvalue weighted by atomic mass is 10.3. The van der Waals surface area contributed by atoms with Gasteiger partial charge in [-0.25, -0.2) is 14.4 Å². The van der Waals surface area contributed by atoms with E-state index in [0.29, 0.717) is 28.7 Å². The summed E-state index contributed by atoms with van der Waals surface area (Å²) in [5, 5.41) is 6.41. The molecule has 0 aliphatic carbocycles. The Bertz CT molecular complexity index is 1190. The zero-order valence-electron chi connectivity index (χ0n) is 17.5. The van der Waals surface area contributed by atoms with Crippen molar-refractivity contribution < 1.29 is 9.13 Å². The van der Waals surface area contributed by atoms with Gasteiger partial charge in [-0.3, -0.25) is 9.47 Å². The molecule has 1 aliphatic rings. The van der Waals surface area contributed by atoms with Crippen molar-refractivity contribution in [2.75, 3.05) is 50.0 Å². The van der Waals surface area contributed by atoms with Gasteiger partial charge in [0.1, 0.15) is 11.3 Å². The van der Waals surface area contributed by atoms with Gasteiger partial charge in [-0.05, 0) is 24.3 Å². The number of benzene rings is 2. The van der Waals surface area contributed by atoms with E-state index in [2.05, 4.69) is 25.5 Å². The molecule has 1 aliphatic heterocycles. The van der Waals surface area contributed by atoms with E-state index in [1.807, 2.05) is 34.9 Å². The number of hydrogen-bond acceptors (Lipinski definition) is 7. The number of anilines is 3. The van der Waals surface area contributed by atoms with Crippen LogP contribution in [0.25, 0.3) is 16.9 Å². The third-order valence-electron chi connectivity index (χ3n) is 5.35. The first kappa shape index (κ1) is 22.6. The number of halogens is 1. The summed E-state index contributed by atoms with van der Waals surface area (Å²) >= 11 is 0. The summed E-state index contributed by atoms with van der Waals surface area (Å²) in [5.74, 6) is 0.645. The van der Waals surface area contributed by atoms with Crippen LogP contribution < -0.4 is 10.6 Å². The second-order valence-electron chi connectivity index (χ2n) is 7.49. The molecule has 5 rings (SSSR count). The van der Waals surface area contributed by atoms with Gasteiger partial charge in [0.25, 0.3) is 0 Å². The van der Waals surface area contributed by atoms with Crippen LogP contribution >= 0.6 is 0 Å². The van der Waals surface area contributed by atoms with E-state index in [9.17, 15) is 4.39 Å². The Morgan fingerprint density at radius 1 is 0.970 bits per heavy atom. The number of imidazole rings is 1. The average Bonchev–Trinajstić information content (AvgIpc) is 3.19. The summed E-state index contributed by atoms with van der Waals surface area (Å²) in [6.07, 6.45) is 1.69. The molecular formula is C24H28FN7O. The molecule has 0 spiro atoms. The molecule has 4 aromatic rings. The number of hydrogen-bond donors (Lipinski definition) is 2. The number of nitrogens with one attached hydrogen (secondary N) is 2. The third kappa shape index (κ3) is 5.10.